The molecule has 0 radical (unpaired) electrons. The number of rotatable bonds is 8. The molecule has 17 nitrogen and oxygen atoms in total. The summed E-state index contributed by atoms with van der Waals surface area (Å²) >= 11 is 0. The van der Waals surface area contributed by atoms with Gasteiger partial charge in [-0.1, -0.05) is 0 Å². The molecule has 17 heteroatoms. The van der Waals surface area contributed by atoms with Crippen LogP contribution in [0.2, 0.25) is 0 Å². The van der Waals surface area contributed by atoms with E-state index >= 15 is 0 Å². The molecule has 45 heavy (non-hydrogen) atoms. The van der Waals surface area contributed by atoms with E-state index in [2.05, 4.69) is 0 Å². The SMILES string of the molecule is COc1cc(-c2oc3cc(O)cc(O)c3c(=O)c2OO[C@@H]2O[C@H](C)[C@H](O)[C@@H](O)[C@H]2O[C@H]2O[C@H](CO)[C@@H](O)[C@H](O)[C@H]2O)ccc1O. The van der Waals surface area contributed by atoms with Gasteiger partial charge in [-0.2, -0.15) is 4.89 Å². The average molecular weight is 641 g/mol. The van der Waals surface area contributed by atoms with Crippen LogP contribution in [0.1, 0.15) is 6.92 Å². The van der Waals surface area contributed by atoms with Gasteiger partial charge in [0.2, 0.25) is 11.7 Å². The average Bonchev–Trinajstić information content (AvgIpc) is 3.00. The molecule has 2 aliphatic heterocycles. The molecule has 1 aromatic heterocycles. The zero-order valence-electron chi connectivity index (χ0n) is 23.7. The molecule has 0 bridgehead atoms. The standard InChI is InChI=1S/C28H32O17/c1-9-18(33)22(37)26(43-27-23(38)21(36)19(34)16(8-29)42-27)28(40-9)45-44-25-20(35)17-13(32)6-11(30)7-15(17)41-24(25)10-3-4-12(31)14(5-10)39-2/h3-7,9,16,18-19,21-23,26-34,36-38H,8H2,1-2H3/t9-,16-,18+,19-,21+,22-,23-,26-,27-,28+/m1/s1. The van der Waals surface area contributed by atoms with E-state index in [1.54, 1.807) is 0 Å². The van der Waals surface area contributed by atoms with Crippen molar-refractivity contribution in [1.29, 1.82) is 0 Å². The summed E-state index contributed by atoms with van der Waals surface area (Å²) in [6.07, 6.45) is -16.6. The molecular weight excluding hydrogens is 608 g/mol. The molecule has 0 aliphatic carbocycles. The van der Waals surface area contributed by atoms with Crippen LogP contribution in [0, 0.1) is 0 Å². The van der Waals surface area contributed by atoms with Gasteiger partial charge in [-0.05, 0) is 25.1 Å². The van der Waals surface area contributed by atoms with Gasteiger partial charge in [0.15, 0.2) is 23.5 Å². The molecule has 0 amide bonds. The van der Waals surface area contributed by atoms with Crippen molar-refractivity contribution in [3.63, 3.8) is 0 Å². The molecule has 9 N–H and O–H groups in total. The highest BCUT2D eigenvalue weighted by molar-refractivity contribution is 5.88. The van der Waals surface area contributed by atoms with Gasteiger partial charge in [0.1, 0.15) is 65.2 Å². The summed E-state index contributed by atoms with van der Waals surface area (Å²) in [5.41, 5.74) is -1.14. The van der Waals surface area contributed by atoms with E-state index in [4.69, 9.17) is 33.1 Å². The normalized spacial score (nSPS) is 32.0. The molecule has 2 saturated heterocycles. The molecule has 5 rings (SSSR count). The first-order valence-electron chi connectivity index (χ1n) is 13.6. The van der Waals surface area contributed by atoms with Crippen LogP contribution >= 0.6 is 0 Å². The highest BCUT2D eigenvalue weighted by atomic mass is 17.2. The van der Waals surface area contributed by atoms with Crippen molar-refractivity contribution in [3.8, 4) is 40.1 Å². The third kappa shape index (κ3) is 6.10. The number of aromatic hydroxyl groups is 3. The molecule has 3 heterocycles. The Morgan fingerprint density at radius 1 is 0.844 bits per heavy atom. The molecular formula is C28H32O17. The number of phenols is 3. The number of methoxy groups -OCH3 is 1. The zero-order valence-corrected chi connectivity index (χ0v) is 23.7. The maximum Gasteiger partial charge on any atom is 0.256 e. The number of phenolic OH excluding ortho intramolecular Hbond substituents is 3. The molecule has 0 saturated carbocycles. The van der Waals surface area contributed by atoms with Crippen molar-refractivity contribution < 1.29 is 79.1 Å². The summed E-state index contributed by atoms with van der Waals surface area (Å²) in [5, 5.41) is 91.5. The maximum absolute atomic E-state index is 13.6. The van der Waals surface area contributed by atoms with Gasteiger partial charge in [0.05, 0.1) is 19.8 Å². The van der Waals surface area contributed by atoms with Crippen molar-refractivity contribution in [1.82, 2.24) is 0 Å². The minimum Gasteiger partial charge on any atom is -0.508 e. The Kier molecular flexibility index (Phi) is 9.38. The maximum atomic E-state index is 13.6. The Bertz CT molecular complexity index is 1570. The van der Waals surface area contributed by atoms with E-state index < -0.39 is 96.1 Å². The number of benzene rings is 2. The van der Waals surface area contributed by atoms with E-state index in [0.29, 0.717) is 0 Å². The number of aliphatic hydroxyl groups is 6. The van der Waals surface area contributed by atoms with Crippen LogP contribution in [0.5, 0.6) is 28.7 Å². The van der Waals surface area contributed by atoms with E-state index in [9.17, 15) is 50.8 Å². The van der Waals surface area contributed by atoms with Crippen LogP contribution < -0.4 is 15.1 Å². The summed E-state index contributed by atoms with van der Waals surface area (Å²) < 4.78 is 27.5. The Morgan fingerprint density at radius 3 is 2.27 bits per heavy atom. The van der Waals surface area contributed by atoms with Crippen LogP contribution in [0.15, 0.2) is 39.5 Å². The number of aliphatic hydroxyl groups excluding tert-OH is 6. The van der Waals surface area contributed by atoms with E-state index in [1.165, 1.54) is 32.2 Å². The molecule has 2 fully saturated rings. The lowest BCUT2D eigenvalue weighted by molar-refractivity contribution is -0.411. The lowest BCUT2D eigenvalue weighted by atomic mass is 9.97. The van der Waals surface area contributed by atoms with Gasteiger partial charge in [-0.15, -0.1) is 0 Å². The lowest BCUT2D eigenvalue weighted by Crippen LogP contribution is -2.64. The van der Waals surface area contributed by atoms with Gasteiger partial charge < -0.3 is 74.2 Å². The third-order valence-electron chi connectivity index (χ3n) is 7.51. The van der Waals surface area contributed by atoms with Gasteiger partial charge in [-0.3, -0.25) is 4.79 Å². The van der Waals surface area contributed by atoms with Crippen molar-refractivity contribution in [2.45, 2.75) is 68.3 Å². The number of ether oxygens (including phenoxy) is 4. The summed E-state index contributed by atoms with van der Waals surface area (Å²) in [5.74, 6) is -2.36. The lowest BCUT2D eigenvalue weighted by Gasteiger charge is -2.45. The largest absolute Gasteiger partial charge is 0.508 e. The number of fused-ring (bicyclic) bond motifs is 1. The number of hydrogen-bond acceptors (Lipinski definition) is 17. The second-order valence-corrected chi connectivity index (χ2v) is 10.5. The second-order valence-electron chi connectivity index (χ2n) is 10.5. The summed E-state index contributed by atoms with van der Waals surface area (Å²) in [4.78, 5) is 24.4. The topological polar surface area (TPSA) is 268 Å². The van der Waals surface area contributed by atoms with Gasteiger partial charge >= 0.3 is 0 Å². The van der Waals surface area contributed by atoms with Crippen LogP contribution in [-0.4, -0.2) is 121 Å². The Labute approximate surface area is 253 Å². The third-order valence-corrected chi connectivity index (χ3v) is 7.51. The Balaban J connectivity index is 1.52. The highest BCUT2D eigenvalue weighted by Crippen LogP contribution is 2.39. The molecule has 3 aromatic rings. The summed E-state index contributed by atoms with van der Waals surface area (Å²) in [7, 11) is 1.28. The van der Waals surface area contributed by atoms with E-state index in [1.807, 2.05) is 0 Å². The molecule has 10 atom stereocenters. The van der Waals surface area contributed by atoms with Crippen LogP contribution in [-0.2, 0) is 19.1 Å². The van der Waals surface area contributed by atoms with Crippen molar-refractivity contribution in [2.24, 2.45) is 0 Å². The van der Waals surface area contributed by atoms with E-state index in [-0.39, 0.29) is 28.4 Å². The van der Waals surface area contributed by atoms with Gasteiger partial charge in [0.25, 0.3) is 5.75 Å². The second kappa shape index (κ2) is 12.9. The Hall–Kier alpha value is -3.75. The first kappa shape index (κ1) is 32.6. The van der Waals surface area contributed by atoms with Crippen LogP contribution in [0.25, 0.3) is 22.3 Å². The van der Waals surface area contributed by atoms with Crippen molar-refractivity contribution >= 4 is 11.0 Å². The van der Waals surface area contributed by atoms with E-state index in [0.717, 1.165) is 12.1 Å². The van der Waals surface area contributed by atoms with Crippen molar-refractivity contribution in [3.05, 3.63) is 40.6 Å². The predicted molar refractivity (Wildman–Crippen MR) is 146 cm³/mol. The minimum atomic E-state index is -1.89. The first-order chi connectivity index (χ1) is 21.4. The zero-order chi connectivity index (χ0) is 32.7. The predicted octanol–water partition coefficient (Wildman–Crippen LogP) is -1.45. The smallest absolute Gasteiger partial charge is 0.256 e. The monoisotopic (exact) mass is 640 g/mol. The highest BCUT2D eigenvalue weighted by Gasteiger charge is 2.51. The first-order valence-corrected chi connectivity index (χ1v) is 13.6. The molecule has 2 aromatic carbocycles. The molecule has 0 spiro atoms. The fourth-order valence-electron chi connectivity index (χ4n) is 5.01. The molecule has 2 aliphatic rings. The fraction of sp³-hybridized carbons (Fsp3) is 0.464. The van der Waals surface area contributed by atoms with Gasteiger partial charge in [-0.25, -0.2) is 0 Å². The molecule has 246 valence electrons. The molecule has 0 unspecified atom stereocenters. The van der Waals surface area contributed by atoms with Gasteiger partial charge in [0, 0.05) is 17.7 Å². The number of hydrogen-bond donors (Lipinski definition) is 9. The quantitative estimate of drug-likeness (QED) is 0.101. The summed E-state index contributed by atoms with van der Waals surface area (Å²) in [6, 6.07) is 5.81. The Morgan fingerprint density at radius 2 is 1.58 bits per heavy atom. The van der Waals surface area contributed by atoms with Crippen LogP contribution in [0.4, 0.5) is 0 Å². The summed E-state index contributed by atoms with van der Waals surface area (Å²) in [6.45, 7) is 0.599. The minimum absolute atomic E-state index is 0.0181. The van der Waals surface area contributed by atoms with Crippen molar-refractivity contribution in [2.75, 3.05) is 13.7 Å². The fourth-order valence-corrected chi connectivity index (χ4v) is 5.01. The van der Waals surface area contributed by atoms with Crippen LogP contribution in [0.3, 0.4) is 0 Å².